The summed E-state index contributed by atoms with van der Waals surface area (Å²) in [6.45, 7) is 15.4. The number of ether oxygens (including phenoxy) is 1. The molecule has 0 bridgehead atoms. The fourth-order valence-electron chi connectivity index (χ4n) is 3.43. The lowest BCUT2D eigenvalue weighted by molar-refractivity contribution is 0.0420. The summed E-state index contributed by atoms with van der Waals surface area (Å²) >= 11 is 0. The van der Waals surface area contributed by atoms with Gasteiger partial charge in [0.05, 0.1) is 12.2 Å². The highest BCUT2D eigenvalue weighted by molar-refractivity contribution is 5.90. The van der Waals surface area contributed by atoms with E-state index in [9.17, 15) is 9.90 Å². The predicted molar refractivity (Wildman–Crippen MR) is 116 cm³/mol. The minimum atomic E-state index is -0.306. The lowest BCUT2D eigenvalue weighted by Gasteiger charge is -2.22. The van der Waals surface area contributed by atoms with Gasteiger partial charge in [0.25, 0.3) is 0 Å². The SMILES string of the molecule is CC(COC(=O)c1ccc(-c2ccc(C(C)(C)C)cc2O)cc1)CC(C)(C)C. The van der Waals surface area contributed by atoms with Crippen LogP contribution in [0.2, 0.25) is 0 Å². The average Bonchev–Trinajstić information content (AvgIpc) is 2.57. The maximum Gasteiger partial charge on any atom is 0.338 e. The van der Waals surface area contributed by atoms with Crippen LogP contribution in [0.15, 0.2) is 42.5 Å². The highest BCUT2D eigenvalue weighted by atomic mass is 16.5. The van der Waals surface area contributed by atoms with Gasteiger partial charge in [-0.25, -0.2) is 4.79 Å². The number of phenols is 1. The Balaban J connectivity index is 2.06. The van der Waals surface area contributed by atoms with Crippen molar-refractivity contribution in [3.63, 3.8) is 0 Å². The van der Waals surface area contributed by atoms with Crippen molar-refractivity contribution in [2.24, 2.45) is 11.3 Å². The van der Waals surface area contributed by atoms with Crippen molar-refractivity contribution in [3.05, 3.63) is 53.6 Å². The molecule has 1 N–H and O–H groups in total. The minimum Gasteiger partial charge on any atom is -0.507 e. The summed E-state index contributed by atoms with van der Waals surface area (Å²) in [5.74, 6) is 0.264. The third-order valence-corrected chi connectivity index (χ3v) is 4.76. The third-order valence-electron chi connectivity index (χ3n) is 4.76. The van der Waals surface area contributed by atoms with Gasteiger partial charge in [-0.15, -0.1) is 0 Å². The van der Waals surface area contributed by atoms with Crippen LogP contribution in [-0.2, 0) is 10.2 Å². The zero-order chi connectivity index (χ0) is 21.1. The maximum atomic E-state index is 12.3. The summed E-state index contributed by atoms with van der Waals surface area (Å²) in [7, 11) is 0. The Kier molecular flexibility index (Phi) is 6.59. The largest absolute Gasteiger partial charge is 0.507 e. The molecule has 2 rings (SSSR count). The van der Waals surface area contributed by atoms with E-state index in [1.54, 1.807) is 12.1 Å². The third kappa shape index (κ3) is 6.12. The topological polar surface area (TPSA) is 46.5 Å². The molecule has 2 aromatic rings. The van der Waals surface area contributed by atoms with Gasteiger partial charge in [-0.3, -0.25) is 0 Å². The van der Waals surface area contributed by atoms with E-state index in [0.717, 1.165) is 23.1 Å². The Morgan fingerprint density at radius 2 is 1.61 bits per heavy atom. The Morgan fingerprint density at radius 3 is 2.11 bits per heavy atom. The quantitative estimate of drug-likeness (QED) is 0.594. The van der Waals surface area contributed by atoms with E-state index in [-0.39, 0.29) is 22.5 Å². The van der Waals surface area contributed by atoms with Crippen LogP contribution >= 0.6 is 0 Å². The average molecular weight is 383 g/mol. The first-order valence-corrected chi connectivity index (χ1v) is 9.98. The molecule has 3 heteroatoms. The Hall–Kier alpha value is -2.29. The maximum absolute atomic E-state index is 12.3. The molecule has 0 aliphatic carbocycles. The Morgan fingerprint density at radius 1 is 1.00 bits per heavy atom. The molecule has 0 amide bonds. The lowest BCUT2D eigenvalue weighted by atomic mass is 9.86. The van der Waals surface area contributed by atoms with Crippen LogP contribution in [0.3, 0.4) is 0 Å². The molecule has 0 aliphatic rings. The fraction of sp³-hybridized carbons (Fsp3) is 0.480. The highest BCUT2D eigenvalue weighted by Crippen LogP contribution is 2.34. The van der Waals surface area contributed by atoms with Crippen molar-refractivity contribution in [3.8, 4) is 16.9 Å². The Bertz CT molecular complexity index is 805. The van der Waals surface area contributed by atoms with Gasteiger partial charge < -0.3 is 9.84 Å². The number of carbonyl (C=O) groups excluding carboxylic acids is 1. The van der Waals surface area contributed by atoms with Crippen LogP contribution in [0.5, 0.6) is 5.75 Å². The first-order valence-electron chi connectivity index (χ1n) is 9.98. The lowest BCUT2D eigenvalue weighted by Crippen LogP contribution is -2.17. The standard InChI is InChI=1S/C25H34O3/c1-17(15-24(2,3)4)16-28-23(27)19-10-8-18(9-11-19)21-13-12-20(14-22(21)26)25(5,6)7/h8-14,17,26H,15-16H2,1-7H3. The highest BCUT2D eigenvalue weighted by Gasteiger charge is 2.18. The van der Waals surface area contributed by atoms with Gasteiger partial charge in [0, 0.05) is 5.56 Å². The number of aromatic hydroxyl groups is 1. The molecule has 0 aliphatic heterocycles. The van der Waals surface area contributed by atoms with Crippen molar-refractivity contribution in [1.82, 2.24) is 0 Å². The molecule has 1 unspecified atom stereocenters. The predicted octanol–water partition coefficient (Wildman–Crippen LogP) is 6.59. The molecular weight excluding hydrogens is 348 g/mol. The number of carbonyl (C=O) groups is 1. The Labute approximate surface area is 169 Å². The number of rotatable bonds is 5. The second-order valence-corrected chi connectivity index (χ2v) is 10.0. The van der Waals surface area contributed by atoms with Gasteiger partial charge in [-0.05, 0) is 52.5 Å². The van der Waals surface area contributed by atoms with E-state index in [4.69, 9.17) is 4.74 Å². The van der Waals surface area contributed by atoms with Crippen LogP contribution in [-0.4, -0.2) is 17.7 Å². The summed E-state index contributed by atoms with van der Waals surface area (Å²) in [4.78, 5) is 12.3. The first kappa shape index (κ1) is 22.0. The molecule has 0 aromatic heterocycles. The van der Waals surface area contributed by atoms with E-state index < -0.39 is 0 Å². The van der Waals surface area contributed by atoms with Gasteiger partial charge in [0.2, 0.25) is 0 Å². The van der Waals surface area contributed by atoms with Gasteiger partial charge in [0.1, 0.15) is 5.75 Å². The zero-order valence-electron chi connectivity index (χ0n) is 18.3. The monoisotopic (exact) mass is 382 g/mol. The van der Waals surface area contributed by atoms with Crippen molar-refractivity contribution in [2.45, 2.75) is 60.3 Å². The molecule has 28 heavy (non-hydrogen) atoms. The summed E-state index contributed by atoms with van der Waals surface area (Å²) in [5.41, 5.74) is 3.43. The molecule has 0 saturated heterocycles. The number of phenolic OH excluding ortho intramolecular Hbond substituents is 1. The van der Waals surface area contributed by atoms with Gasteiger partial charge in [0.15, 0.2) is 0 Å². The molecule has 2 aromatic carbocycles. The molecule has 0 radical (unpaired) electrons. The number of hydrogen-bond donors (Lipinski definition) is 1. The van der Waals surface area contributed by atoms with Crippen molar-refractivity contribution >= 4 is 5.97 Å². The van der Waals surface area contributed by atoms with Crippen molar-refractivity contribution in [1.29, 1.82) is 0 Å². The van der Waals surface area contributed by atoms with E-state index in [0.29, 0.717) is 18.1 Å². The van der Waals surface area contributed by atoms with Crippen LogP contribution in [0, 0.1) is 11.3 Å². The summed E-state index contributed by atoms with van der Waals surface area (Å²) in [6, 6.07) is 13.0. The smallest absolute Gasteiger partial charge is 0.338 e. The molecule has 3 nitrogen and oxygen atoms in total. The van der Waals surface area contributed by atoms with E-state index >= 15 is 0 Å². The molecule has 0 saturated carbocycles. The van der Waals surface area contributed by atoms with Crippen molar-refractivity contribution in [2.75, 3.05) is 6.61 Å². The first-order chi connectivity index (χ1) is 12.9. The summed E-state index contributed by atoms with van der Waals surface area (Å²) < 4.78 is 5.47. The molecule has 0 spiro atoms. The van der Waals surface area contributed by atoms with Gasteiger partial charge in [-0.2, -0.15) is 0 Å². The van der Waals surface area contributed by atoms with Gasteiger partial charge >= 0.3 is 5.97 Å². The second-order valence-electron chi connectivity index (χ2n) is 10.0. The fourth-order valence-corrected chi connectivity index (χ4v) is 3.43. The van der Waals surface area contributed by atoms with E-state index in [1.165, 1.54) is 0 Å². The number of benzene rings is 2. The normalized spacial score (nSPS) is 13.2. The second kappa shape index (κ2) is 8.38. The van der Waals surface area contributed by atoms with Crippen molar-refractivity contribution < 1.29 is 14.6 Å². The van der Waals surface area contributed by atoms with Crippen LogP contribution in [0.1, 0.15) is 70.8 Å². The van der Waals surface area contributed by atoms with E-state index in [2.05, 4.69) is 48.5 Å². The van der Waals surface area contributed by atoms with Crippen LogP contribution in [0.4, 0.5) is 0 Å². The molecule has 152 valence electrons. The molecule has 1 atom stereocenters. The minimum absolute atomic E-state index is 0.0201. The molecule has 0 fully saturated rings. The van der Waals surface area contributed by atoms with Crippen LogP contribution in [0.25, 0.3) is 11.1 Å². The summed E-state index contributed by atoms with van der Waals surface area (Å²) in [6.07, 6.45) is 1.00. The van der Waals surface area contributed by atoms with Gasteiger partial charge in [-0.1, -0.05) is 72.7 Å². The molecule has 0 heterocycles. The summed E-state index contributed by atoms with van der Waals surface area (Å²) in [5, 5.41) is 10.4. The van der Waals surface area contributed by atoms with E-state index in [1.807, 2.05) is 30.3 Å². The van der Waals surface area contributed by atoms with Crippen LogP contribution < -0.4 is 0 Å². The zero-order valence-corrected chi connectivity index (χ0v) is 18.3. The molecular formula is C25H34O3. The number of hydrogen-bond acceptors (Lipinski definition) is 3. The number of esters is 1.